The monoisotopic (exact) mass is 319 g/mol. The number of hydrogen-bond donors (Lipinski definition) is 2. The van der Waals surface area contributed by atoms with Crippen molar-refractivity contribution in [2.75, 3.05) is 13.1 Å². The highest BCUT2D eigenvalue weighted by Gasteiger charge is 2.38. The Kier molecular flexibility index (Phi) is 6.01. The van der Waals surface area contributed by atoms with Crippen LogP contribution in [0, 0.1) is 0 Å². The van der Waals surface area contributed by atoms with Gasteiger partial charge in [-0.2, -0.15) is 0 Å². The Hall–Kier alpha value is -0.850. The van der Waals surface area contributed by atoms with Crippen LogP contribution in [0.15, 0.2) is 0 Å². The molecular weight excluding hydrogens is 294 g/mol. The molecule has 2 amide bonds. The zero-order valence-corrected chi connectivity index (χ0v) is 13.7. The fraction of sp³-hybridized carbons (Fsp3) is 0.857. The van der Waals surface area contributed by atoms with E-state index >= 15 is 0 Å². The Labute approximate surface area is 132 Å². The smallest absolute Gasteiger partial charge is 0.249 e. The molecule has 122 valence electrons. The van der Waals surface area contributed by atoms with Gasteiger partial charge in [0.1, 0.15) is 6.10 Å². The van der Waals surface area contributed by atoms with Gasteiger partial charge in [0.25, 0.3) is 0 Å². The number of amides is 2. The SMILES string of the molecule is CC(C)(C)N1CC(NC(=O)[C@@H]2CC[C@H](CN)O2)CC1=O.Cl. The Morgan fingerprint density at radius 3 is 2.57 bits per heavy atom. The number of ether oxygens (including phenoxy) is 1. The molecule has 7 heteroatoms. The van der Waals surface area contributed by atoms with E-state index in [1.54, 1.807) is 0 Å². The number of hydrogen-bond acceptors (Lipinski definition) is 4. The van der Waals surface area contributed by atoms with E-state index in [1.165, 1.54) is 0 Å². The van der Waals surface area contributed by atoms with Crippen molar-refractivity contribution in [3.8, 4) is 0 Å². The minimum Gasteiger partial charge on any atom is -0.364 e. The van der Waals surface area contributed by atoms with Crippen molar-refractivity contribution >= 4 is 24.2 Å². The summed E-state index contributed by atoms with van der Waals surface area (Å²) < 4.78 is 5.57. The molecule has 3 atom stereocenters. The zero-order chi connectivity index (χ0) is 14.9. The number of nitrogens with zero attached hydrogens (tertiary/aromatic N) is 1. The first-order chi connectivity index (χ1) is 9.31. The fourth-order valence-electron chi connectivity index (χ4n) is 2.82. The second-order valence-corrected chi connectivity index (χ2v) is 6.64. The third-order valence-electron chi connectivity index (χ3n) is 3.94. The standard InChI is InChI=1S/C14H25N3O3.ClH/c1-14(2,3)17-8-9(6-12(17)18)16-13(19)11-5-4-10(7-15)20-11;/h9-11H,4-8,15H2,1-3H3,(H,16,19);1H/t9?,10-,11+;/m1./s1. The molecular formula is C14H26ClN3O3. The molecule has 0 bridgehead atoms. The molecule has 3 N–H and O–H groups in total. The summed E-state index contributed by atoms with van der Waals surface area (Å²) in [5, 5.41) is 2.93. The molecule has 0 radical (unpaired) electrons. The third-order valence-corrected chi connectivity index (χ3v) is 3.94. The lowest BCUT2D eigenvalue weighted by Crippen LogP contribution is -2.46. The summed E-state index contributed by atoms with van der Waals surface area (Å²) >= 11 is 0. The van der Waals surface area contributed by atoms with Gasteiger partial charge in [-0.1, -0.05) is 0 Å². The van der Waals surface area contributed by atoms with Crippen LogP contribution >= 0.6 is 12.4 Å². The van der Waals surface area contributed by atoms with Gasteiger partial charge in [-0.15, -0.1) is 12.4 Å². The van der Waals surface area contributed by atoms with Crippen LogP contribution in [-0.4, -0.2) is 53.6 Å². The third kappa shape index (κ3) is 4.31. The number of carbonyl (C=O) groups excluding carboxylic acids is 2. The number of likely N-dealkylation sites (tertiary alicyclic amines) is 1. The number of rotatable bonds is 3. The van der Waals surface area contributed by atoms with Gasteiger partial charge >= 0.3 is 0 Å². The zero-order valence-electron chi connectivity index (χ0n) is 12.9. The molecule has 0 spiro atoms. The van der Waals surface area contributed by atoms with E-state index in [-0.39, 0.29) is 41.9 Å². The van der Waals surface area contributed by atoms with Gasteiger partial charge in [0, 0.05) is 25.0 Å². The molecule has 0 aromatic heterocycles. The minimum atomic E-state index is -0.415. The summed E-state index contributed by atoms with van der Waals surface area (Å²) in [5.41, 5.74) is 5.33. The molecule has 2 heterocycles. The van der Waals surface area contributed by atoms with Crippen LogP contribution in [0.5, 0.6) is 0 Å². The number of halogens is 1. The first-order valence-electron chi connectivity index (χ1n) is 7.27. The molecule has 2 rings (SSSR count). The highest BCUT2D eigenvalue weighted by molar-refractivity contribution is 5.85. The van der Waals surface area contributed by atoms with E-state index in [1.807, 2.05) is 25.7 Å². The largest absolute Gasteiger partial charge is 0.364 e. The molecule has 0 saturated carbocycles. The Morgan fingerprint density at radius 2 is 2.10 bits per heavy atom. The molecule has 2 aliphatic heterocycles. The Morgan fingerprint density at radius 1 is 1.43 bits per heavy atom. The number of nitrogens with two attached hydrogens (primary N) is 1. The summed E-state index contributed by atoms with van der Waals surface area (Å²) in [6.45, 7) is 7.02. The average molecular weight is 320 g/mol. The van der Waals surface area contributed by atoms with Crippen molar-refractivity contribution in [2.45, 2.75) is 63.8 Å². The van der Waals surface area contributed by atoms with Gasteiger partial charge in [0.2, 0.25) is 11.8 Å². The second kappa shape index (κ2) is 6.94. The first kappa shape index (κ1) is 18.2. The van der Waals surface area contributed by atoms with E-state index in [9.17, 15) is 9.59 Å². The molecule has 6 nitrogen and oxygen atoms in total. The molecule has 2 fully saturated rings. The van der Waals surface area contributed by atoms with Gasteiger partial charge in [-0.05, 0) is 33.6 Å². The maximum atomic E-state index is 12.1. The van der Waals surface area contributed by atoms with E-state index in [2.05, 4.69) is 5.32 Å². The average Bonchev–Trinajstić information content (AvgIpc) is 2.94. The summed E-state index contributed by atoms with van der Waals surface area (Å²) in [7, 11) is 0. The van der Waals surface area contributed by atoms with Crippen LogP contribution in [0.2, 0.25) is 0 Å². The van der Waals surface area contributed by atoms with Crippen LogP contribution in [0.3, 0.4) is 0 Å². The molecule has 21 heavy (non-hydrogen) atoms. The van der Waals surface area contributed by atoms with Crippen LogP contribution in [-0.2, 0) is 14.3 Å². The van der Waals surface area contributed by atoms with Crippen LogP contribution < -0.4 is 11.1 Å². The maximum absolute atomic E-state index is 12.1. The van der Waals surface area contributed by atoms with Crippen molar-refractivity contribution < 1.29 is 14.3 Å². The summed E-state index contributed by atoms with van der Waals surface area (Å²) in [5.74, 6) is -0.0236. The highest BCUT2D eigenvalue weighted by Crippen LogP contribution is 2.23. The van der Waals surface area contributed by atoms with E-state index in [0.29, 0.717) is 25.9 Å². The van der Waals surface area contributed by atoms with Gasteiger partial charge < -0.3 is 20.7 Å². The van der Waals surface area contributed by atoms with Crippen molar-refractivity contribution in [1.82, 2.24) is 10.2 Å². The summed E-state index contributed by atoms with van der Waals surface area (Å²) in [6, 6.07) is -0.116. The lowest BCUT2D eigenvalue weighted by Gasteiger charge is -2.32. The van der Waals surface area contributed by atoms with Crippen molar-refractivity contribution in [1.29, 1.82) is 0 Å². The van der Waals surface area contributed by atoms with Gasteiger partial charge in [0.15, 0.2) is 0 Å². The number of nitrogens with one attached hydrogen (secondary N) is 1. The van der Waals surface area contributed by atoms with Gasteiger partial charge in [-0.25, -0.2) is 0 Å². The van der Waals surface area contributed by atoms with E-state index in [0.717, 1.165) is 6.42 Å². The fourth-order valence-corrected chi connectivity index (χ4v) is 2.82. The van der Waals surface area contributed by atoms with E-state index in [4.69, 9.17) is 10.5 Å². The first-order valence-corrected chi connectivity index (χ1v) is 7.27. The van der Waals surface area contributed by atoms with E-state index < -0.39 is 6.10 Å². The minimum absolute atomic E-state index is 0. The predicted octanol–water partition coefficient (Wildman–Crippen LogP) is 0.430. The van der Waals surface area contributed by atoms with Gasteiger partial charge in [0.05, 0.1) is 12.1 Å². The van der Waals surface area contributed by atoms with Crippen molar-refractivity contribution in [2.24, 2.45) is 5.73 Å². The van der Waals surface area contributed by atoms with Gasteiger partial charge in [-0.3, -0.25) is 9.59 Å². The molecule has 1 unspecified atom stereocenters. The Bertz CT molecular complexity index is 397. The lowest BCUT2D eigenvalue weighted by atomic mass is 10.1. The Balaban J connectivity index is 0.00000220. The van der Waals surface area contributed by atoms with Crippen molar-refractivity contribution in [3.05, 3.63) is 0 Å². The molecule has 0 aliphatic carbocycles. The van der Waals surface area contributed by atoms with Crippen LogP contribution in [0.25, 0.3) is 0 Å². The van der Waals surface area contributed by atoms with Crippen LogP contribution in [0.4, 0.5) is 0 Å². The topological polar surface area (TPSA) is 84.7 Å². The molecule has 2 aliphatic rings. The second-order valence-electron chi connectivity index (χ2n) is 6.64. The molecule has 2 saturated heterocycles. The lowest BCUT2D eigenvalue weighted by molar-refractivity contribution is -0.132. The maximum Gasteiger partial charge on any atom is 0.249 e. The van der Waals surface area contributed by atoms with Crippen molar-refractivity contribution in [3.63, 3.8) is 0 Å². The highest BCUT2D eigenvalue weighted by atomic mass is 35.5. The summed E-state index contributed by atoms with van der Waals surface area (Å²) in [6.07, 6.45) is 1.48. The quantitative estimate of drug-likeness (QED) is 0.790. The normalized spacial score (nSPS) is 29.4. The predicted molar refractivity (Wildman–Crippen MR) is 82.2 cm³/mol. The summed E-state index contributed by atoms with van der Waals surface area (Å²) in [4.78, 5) is 25.9. The molecule has 0 aromatic rings. The van der Waals surface area contributed by atoms with Crippen LogP contribution in [0.1, 0.15) is 40.0 Å². The number of carbonyl (C=O) groups is 2. The molecule has 0 aromatic carbocycles.